The topological polar surface area (TPSA) is 82.8 Å². The Hall–Kier alpha value is -2.05. The second-order valence-corrected chi connectivity index (χ2v) is 6.60. The molecule has 1 aliphatic rings. The zero-order valence-corrected chi connectivity index (χ0v) is 15.2. The highest BCUT2D eigenvalue weighted by Gasteiger charge is 2.42. The van der Waals surface area contributed by atoms with Crippen LogP contribution >= 0.6 is 0 Å². The van der Waals surface area contributed by atoms with E-state index in [2.05, 4.69) is 20.8 Å². The molecule has 0 saturated heterocycles. The number of hydrogen-bond acceptors (Lipinski definition) is 4. The van der Waals surface area contributed by atoms with Crippen LogP contribution in [0.5, 0.6) is 0 Å². The monoisotopic (exact) mass is 335 g/mol. The van der Waals surface area contributed by atoms with Crippen molar-refractivity contribution in [1.82, 2.24) is 20.7 Å². The molecule has 1 aromatic heterocycles. The van der Waals surface area contributed by atoms with Gasteiger partial charge in [0, 0.05) is 33.8 Å². The summed E-state index contributed by atoms with van der Waals surface area (Å²) in [5, 5.41) is 10.5. The third kappa shape index (κ3) is 4.27. The third-order valence-corrected chi connectivity index (χ3v) is 4.64. The van der Waals surface area contributed by atoms with Gasteiger partial charge < -0.3 is 20.1 Å². The van der Waals surface area contributed by atoms with E-state index in [0.717, 1.165) is 43.6 Å². The number of amides is 1. The Morgan fingerprint density at radius 3 is 2.62 bits per heavy atom. The van der Waals surface area contributed by atoms with E-state index in [1.165, 1.54) is 0 Å². The first-order valence-electron chi connectivity index (χ1n) is 8.61. The second-order valence-electron chi connectivity index (χ2n) is 6.60. The van der Waals surface area contributed by atoms with Gasteiger partial charge in [0.25, 0.3) is 0 Å². The Balaban J connectivity index is 1.91. The van der Waals surface area contributed by atoms with E-state index in [4.69, 9.17) is 4.52 Å². The molecule has 0 aliphatic heterocycles. The zero-order chi connectivity index (χ0) is 17.6. The van der Waals surface area contributed by atoms with Crippen LogP contribution in [0.3, 0.4) is 0 Å². The molecule has 134 valence electrons. The molecule has 2 rings (SSSR count). The van der Waals surface area contributed by atoms with Gasteiger partial charge in [-0.3, -0.25) is 9.79 Å². The van der Waals surface area contributed by atoms with E-state index < -0.39 is 0 Å². The van der Waals surface area contributed by atoms with E-state index in [1.807, 2.05) is 27.1 Å². The number of carbonyl (C=O) groups is 1. The SMILES string of the molecule is CCc1cc(CNC(=NC)NCC2(C(=O)N(C)C)CCCC2)on1. The second kappa shape index (κ2) is 8.17. The summed E-state index contributed by atoms with van der Waals surface area (Å²) in [5.41, 5.74) is 0.624. The van der Waals surface area contributed by atoms with Crippen molar-refractivity contribution in [1.29, 1.82) is 0 Å². The molecule has 1 aliphatic carbocycles. The van der Waals surface area contributed by atoms with Crippen LogP contribution in [-0.4, -0.2) is 49.6 Å². The van der Waals surface area contributed by atoms with Gasteiger partial charge in [-0.15, -0.1) is 0 Å². The van der Waals surface area contributed by atoms with Gasteiger partial charge in [0.05, 0.1) is 17.7 Å². The molecule has 0 atom stereocenters. The molecular weight excluding hydrogens is 306 g/mol. The van der Waals surface area contributed by atoms with Crippen LogP contribution in [0.25, 0.3) is 0 Å². The summed E-state index contributed by atoms with van der Waals surface area (Å²) in [7, 11) is 5.37. The summed E-state index contributed by atoms with van der Waals surface area (Å²) in [5.74, 6) is 1.64. The third-order valence-electron chi connectivity index (χ3n) is 4.64. The summed E-state index contributed by atoms with van der Waals surface area (Å²) in [6, 6.07) is 1.94. The summed E-state index contributed by atoms with van der Waals surface area (Å²) in [6.45, 7) is 3.15. The van der Waals surface area contributed by atoms with Crippen LogP contribution in [-0.2, 0) is 17.8 Å². The molecule has 24 heavy (non-hydrogen) atoms. The van der Waals surface area contributed by atoms with Gasteiger partial charge in [-0.2, -0.15) is 0 Å². The Labute approximate surface area is 143 Å². The molecule has 1 amide bonds. The number of guanidine groups is 1. The van der Waals surface area contributed by atoms with Crippen molar-refractivity contribution in [2.45, 2.75) is 45.6 Å². The van der Waals surface area contributed by atoms with Crippen LogP contribution in [0.4, 0.5) is 0 Å². The average molecular weight is 335 g/mol. The molecule has 1 heterocycles. The number of carbonyl (C=O) groups excluding carboxylic acids is 1. The van der Waals surface area contributed by atoms with Crippen molar-refractivity contribution >= 4 is 11.9 Å². The summed E-state index contributed by atoms with van der Waals surface area (Å²) in [4.78, 5) is 18.5. The summed E-state index contributed by atoms with van der Waals surface area (Å²) < 4.78 is 5.26. The minimum absolute atomic E-state index is 0.200. The lowest BCUT2D eigenvalue weighted by molar-refractivity contribution is -0.138. The molecule has 0 unspecified atom stereocenters. The number of rotatable bonds is 6. The Morgan fingerprint density at radius 2 is 2.08 bits per heavy atom. The lowest BCUT2D eigenvalue weighted by atomic mass is 9.84. The molecule has 1 aromatic rings. The van der Waals surface area contributed by atoms with Crippen LogP contribution in [0, 0.1) is 5.41 Å². The Morgan fingerprint density at radius 1 is 1.38 bits per heavy atom. The molecule has 7 heteroatoms. The first-order valence-corrected chi connectivity index (χ1v) is 8.61. The maximum atomic E-state index is 12.6. The fourth-order valence-electron chi connectivity index (χ4n) is 3.24. The van der Waals surface area contributed by atoms with Gasteiger partial charge in [-0.05, 0) is 19.3 Å². The quantitative estimate of drug-likeness (QED) is 0.609. The highest BCUT2D eigenvalue weighted by molar-refractivity contribution is 5.85. The molecule has 7 nitrogen and oxygen atoms in total. The molecule has 2 N–H and O–H groups in total. The van der Waals surface area contributed by atoms with E-state index >= 15 is 0 Å². The molecule has 1 saturated carbocycles. The van der Waals surface area contributed by atoms with Gasteiger partial charge in [0.15, 0.2) is 11.7 Å². The lowest BCUT2D eigenvalue weighted by Crippen LogP contribution is -2.49. The lowest BCUT2D eigenvalue weighted by Gasteiger charge is -2.31. The minimum atomic E-state index is -0.317. The Kier molecular flexibility index (Phi) is 6.23. The largest absolute Gasteiger partial charge is 0.359 e. The summed E-state index contributed by atoms with van der Waals surface area (Å²) >= 11 is 0. The Bertz CT molecular complexity index is 573. The van der Waals surface area contributed by atoms with Crippen LogP contribution in [0.2, 0.25) is 0 Å². The highest BCUT2D eigenvalue weighted by atomic mass is 16.5. The van der Waals surface area contributed by atoms with Crippen molar-refractivity contribution < 1.29 is 9.32 Å². The fraction of sp³-hybridized carbons (Fsp3) is 0.706. The predicted molar refractivity (Wildman–Crippen MR) is 93.7 cm³/mol. The van der Waals surface area contributed by atoms with Crippen LogP contribution in [0.1, 0.15) is 44.1 Å². The molecule has 0 bridgehead atoms. The van der Waals surface area contributed by atoms with Crippen molar-refractivity contribution in [3.63, 3.8) is 0 Å². The number of aromatic nitrogens is 1. The number of nitrogens with one attached hydrogen (secondary N) is 2. The van der Waals surface area contributed by atoms with Gasteiger partial charge in [0.1, 0.15) is 0 Å². The van der Waals surface area contributed by atoms with Gasteiger partial charge in [-0.25, -0.2) is 0 Å². The van der Waals surface area contributed by atoms with Gasteiger partial charge >= 0.3 is 0 Å². The van der Waals surface area contributed by atoms with E-state index in [0.29, 0.717) is 19.0 Å². The molecule has 1 fully saturated rings. The van der Waals surface area contributed by atoms with Gasteiger partial charge in [-0.1, -0.05) is 24.9 Å². The minimum Gasteiger partial charge on any atom is -0.359 e. The zero-order valence-electron chi connectivity index (χ0n) is 15.2. The number of nitrogens with zero attached hydrogens (tertiary/aromatic N) is 3. The number of aryl methyl sites for hydroxylation is 1. The smallest absolute Gasteiger partial charge is 0.230 e. The maximum Gasteiger partial charge on any atom is 0.230 e. The normalized spacial score (nSPS) is 16.9. The van der Waals surface area contributed by atoms with E-state index in [1.54, 1.807) is 11.9 Å². The molecule has 0 spiro atoms. The molecule has 0 aromatic carbocycles. The first kappa shape index (κ1) is 18.3. The van der Waals surface area contributed by atoms with E-state index in [9.17, 15) is 4.79 Å². The fourth-order valence-corrected chi connectivity index (χ4v) is 3.24. The van der Waals surface area contributed by atoms with Crippen molar-refractivity contribution in [2.75, 3.05) is 27.7 Å². The van der Waals surface area contributed by atoms with Crippen molar-refractivity contribution in [3.8, 4) is 0 Å². The summed E-state index contributed by atoms with van der Waals surface area (Å²) in [6.07, 6.45) is 4.91. The maximum absolute atomic E-state index is 12.6. The van der Waals surface area contributed by atoms with Crippen LogP contribution in [0.15, 0.2) is 15.6 Å². The number of hydrogen-bond donors (Lipinski definition) is 2. The van der Waals surface area contributed by atoms with Crippen molar-refractivity contribution in [3.05, 3.63) is 17.5 Å². The predicted octanol–water partition coefficient (Wildman–Crippen LogP) is 1.55. The van der Waals surface area contributed by atoms with E-state index in [-0.39, 0.29) is 11.3 Å². The highest BCUT2D eigenvalue weighted by Crippen LogP contribution is 2.38. The number of aliphatic imine (C=N–C) groups is 1. The first-order chi connectivity index (χ1) is 11.5. The van der Waals surface area contributed by atoms with Gasteiger partial charge in [0.2, 0.25) is 5.91 Å². The standard InChI is InChI=1S/C17H29N5O2/c1-5-13-10-14(24-21-13)11-19-16(18-2)20-12-17(8-6-7-9-17)15(23)22(3)4/h10H,5-9,11-12H2,1-4H3,(H2,18,19,20). The average Bonchev–Trinajstić information content (AvgIpc) is 3.24. The molecular formula is C17H29N5O2. The van der Waals surface area contributed by atoms with Crippen molar-refractivity contribution in [2.24, 2.45) is 10.4 Å². The van der Waals surface area contributed by atoms with Crippen LogP contribution < -0.4 is 10.6 Å². The molecule has 0 radical (unpaired) electrons.